The first kappa shape index (κ1) is 17.1. The molecule has 1 unspecified atom stereocenters. The van der Waals surface area contributed by atoms with Crippen molar-refractivity contribution in [1.82, 2.24) is 20.2 Å². The quantitative estimate of drug-likeness (QED) is 0.773. The van der Waals surface area contributed by atoms with Crippen LogP contribution in [0.4, 0.5) is 0 Å². The number of nitrogens with one attached hydrogen (secondary N) is 1. The van der Waals surface area contributed by atoms with Crippen molar-refractivity contribution in [2.45, 2.75) is 25.8 Å². The molecule has 0 bridgehead atoms. The Balaban J connectivity index is 1.53. The van der Waals surface area contributed by atoms with Crippen molar-refractivity contribution in [2.24, 2.45) is 0 Å². The molecule has 26 heavy (non-hydrogen) atoms. The minimum Gasteiger partial charge on any atom is -0.354 e. The summed E-state index contributed by atoms with van der Waals surface area (Å²) in [5.41, 5.74) is 7.08. The Morgan fingerprint density at radius 3 is 2.92 bits per heavy atom. The molecular weight excluding hydrogens is 344 g/mol. The summed E-state index contributed by atoms with van der Waals surface area (Å²) in [6, 6.07) is 10.8. The molecule has 134 valence electrons. The van der Waals surface area contributed by atoms with Gasteiger partial charge >= 0.3 is 0 Å². The first-order chi connectivity index (χ1) is 12.7. The lowest BCUT2D eigenvalue weighted by molar-refractivity contribution is 0.0958. The van der Waals surface area contributed by atoms with E-state index < -0.39 is 0 Å². The number of hydrogen-bond donors (Lipinski definition) is 1. The van der Waals surface area contributed by atoms with E-state index in [9.17, 15) is 4.79 Å². The van der Waals surface area contributed by atoms with Crippen LogP contribution in [0.5, 0.6) is 0 Å². The number of pyridine rings is 1. The summed E-state index contributed by atoms with van der Waals surface area (Å²) in [6.07, 6.45) is 1.82. The monoisotopic (exact) mass is 366 g/mol. The van der Waals surface area contributed by atoms with Crippen LogP contribution in [0.3, 0.4) is 0 Å². The molecule has 4 rings (SSSR count). The highest BCUT2D eigenvalue weighted by Crippen LogP contribution is 2.27. The molecule has 1 aliphatic rings. The van der Waals surface area contributed by atoms with E-state index in [1.165, 1.54) is 15.8 Å². The number of benzene rings is 1. The fourth-order valence-electron chi connectivity index (χ4n) is 3.59. The maximum atomic E-state index is 11.8. The first-order valence-electron chi connectivity index (χ1n) is 8.94. The van der Waals surface area contributed by atoms with Crippen molar-refractivity contribution < 1.29 is 4.79 Å². The van der Waals surface area contributed by atoms with Gasteiger partial charge in [-0.05, 0) is 42.7 Å². The summed E-state index contributed by atoms with van der Waals surface area (Å²) in [6.45, 7) is 4.19. The van der Waals surface area contributed by atoms with Gasteiger partial charge in [0.15, 0.2) is 0 Å². The van der Waals surface area contributed by atoms with Crippen molar-refractivity contribution in [1.29, 1.82) is 0 Å². The van der Waals surface area contributed by atoms with Gasteiger partial charge in [-0.15, -0.1) is 11.3 Å². The Bertz CT molecular complexity index is 952. The molecule has 6 heteroatoms. The molecule has 1 aliphatic heterocycles. The average molecular weight is 366 g/mol. The van der Waals surface area contributed by atoms with E-state index in [0.29, 0.717) is 11.7 Å². The van der Waals surface area contributed by atoms with Gasteiger partial charge in [-0.25, -0.2) is 9.97 Å². The zero-order valence-electron chi connectivity index (χ0n) is 15.0. The Morgan fingerprint density at radius 1 is 1.23 bits per heavy atom. The van der Waals surface area contributed by atoms with Crippen molar-refractivity contribution in [3.8, 4) is 0 Å². The molecule has 1 amide bonds. The van der Waals surface area contributed by atoms with Gasteiger partial charge in [-0.3, -0.25) is 9.69 Å². The van der Waals surface area contributed by atoms with Crippen LogP contribution < -0.4 is 5.32 Å². The van der Waals surface area contributed by atoms with E-state index in [1.807, 2.05) is 11.6 Å². The van der Waals surface area contributed by atoms with Crippen LogP contribution in [0.25, 0.3) is 10.2 Å². The Morgan fingerprint density at radius 2 is 2.08 bits per heavy atom. The minimum atomic E-state index is -0.126. The van der Waals surface area contributed by atoms with Crippen molar-refractivity contribution in [2.75, 3.05) is 20.1 Å². The van der Waals surface area contributed by atoms with Crippen LogP contribution in [-0.4, -0.2) is 40.9 Å². The minimum absolute atomic E-state index is 0.126. The normalized spacial score (nSPS) is 16.1. The molecule has 0 spiro atoms. The third-order valence-electron chi connectivity index (χ3n) is 5.22. The molecule has 3 aromatic rings. The van der Waals surface area contributed by atoms with E-state index in [4.69, 9.17) is 0 Å². The molecule has 3 heterocycles. The Labute approximate surface area is 157 Å². The second kappa shape index (κ2) is 7.13. The highest BCUT2D eigenvalue weighted by molar-refractivity contribution is 7.16. The molecule has 0 aliphatic carbocycles. The molecule has 1 aromatic carbocycles. The second-order valence-electron chi connectivity index (χ2n) is 6.67. The summed E-state index contributed by atoms with van der Waals surface area (Å²) < 4.78 is 1.23. The number of rotatable bonds is 3. The summed E-state index contributed by atoms with van der Waals surface area (Å²) in [4.78, 5) is 23.4. The number of fused-ring (bicyclic) bond motifs is 2. The molecule has 0 radical (unpaired) electrons. The summed E-state index contributed by atoms with van der Waals surface area (Å²) in [5, 5.41) is 2.65. The summed E-state index contributed by atoms with van der Waals surface area (Å²) in [5.74, 6) is -0.126. The maximum absolute atomic E-state index is 11.8. The van der Waals surface area contributed by atoms with E-state index in [-0.39, 0.29) is 5.91 Å². The summed E-state index contributed by atoms with van der Waals surface area (Å²) >= 11 is 1.68. The summed E-state index contributed by atoms with van der Waals surface area (Å²) in [7, 11) is 1.64. The van der Waals surface area contributed by atoms with Gasteiger partial charge in [-0.1, -0.05) is 12.1 Å². The van der Waals surface area contributed by atoms with E-state index in [1.54, 1.807) is 18.4 Å². The van der Waals surface area contributed by atoms with Gasteiger partial charge in [0.1, 0.15) is 5.69 Å². The molecule has 0 saturated carbocycles. The van der Waals surface area contributed by atoms with Crippen LogP contribution in [0.2, 0.25) is 0 Å². The van der Waals surface area contributed by atoms with Crippen LogP contribution in [0.1, 0.15) is 40.3 Å². The number of nitrogens with zero attached hydrogens (tertiary/aromatic N) is 3. The molecule has 0 fully saturated rings. The van der Waals surface area contributed by atoms with Gasteiger partial charge < -0.3 is 5.32 Å². The van der Waals surface area contributed by atoms with Gasteiger partial charge in [0.2, 0.25) is 0 Å². The largest absolute Gasteiger partial charge is 0.354 e. The van der Waals surface area contributed by atoms with Crippen LogP contribution in [0.15, 0.2) is 35.8 Å². The molecule has 0 saturated heterocycles. The van der Waals surface area contributed by atoms with Gasteiger partial charge in [0.25, 0.3) is 5.91 Å². The molecule has 5 nitrogen and oxygen atoms in total. The van der Waals surface area contributed by atoms with E-state index >= 15 is 0 Å². The lowest BCUT2D eigenvalue weighted by Crippen LogP contribution is -2.29. The van der Waals surface area contributed by atoms with Crippen LogP contribution in [-0.2, 0) is 12.8 Å². The third kappa shape index (κ3) is 3.22. The molecule has 1 atom stereocenters. The first-order valence-corrected chi connectivity index (χ1v) is 9.82. The number of aromatic nitrogens is 2. The topological polar surface area (TPSA) is 58.1 Å². The lowest BCUT2D eigenvalue weighted by Gasteiger charge is -2.27. The Hall–Kier alpha value is -2.31. The zero-order valence-corrected chi connectivity index (χ0v) is 15.8. The average Bonchev–Trinajstić information content (AvgIpc) is 3.04. The van der Waals surface area contributed by atoms with E-state index in [0.717, 1.165) is 37.1 Å². The van der Waals surface area contributed by atoms with E-state index in [2.05, 4.69) is 51.4 Å². The van der Waals surface area contributed by atoms with Crippen LogP contribution >= 0.6 is 11.3 Å². The maximum Gasteiger partial charge on any atom is 0.269 e. The number of hydrogen-bond acceptors (Lipinski definition) is 5. The molecule has 2 aromatic heterocycles. The number of thiazole rings is 1. The fourth-order valence-corrected chi connectivity index (χ4v) is 4.25. The third-order valence-corrected chi connectivity index (χ3v) is 6.03. The smallest absolute Gasteiger partial charge is 0.269 e. The van der Waals surface area contributed by atoms with Gasteiger partial charge in [-0.2, -0.15) is 0 Å². The molecular formula is C20H22N4OS. The standard InChI is InChI=1S/C20H22N4OS/c1-13(15-4-6-19-18(11-15)22-12-26-19)24-9-7-14-3-5-17(20(25)21-2)23-16(14)8-10-24/h3-6,11-13H,7-10H2,1-2H3,(H,21,25). The van der Waals surface area contributed by atoms with Gasteiger partial charge in [0.05, 0.1) is 15.7 Å². The van der Waals surface area contributed by atoms with Crippen molar-refractivity contribution in [3.05, 3.63) is 58.4 Å². The second-order valence-corrected chi connectivity index (χ2v) is 7.56. The van der Waals surface area contributed by atoms with Crippen LogP contribution in [0, 0.1) is 0 Å². The predicted octanol–water partition coefficient (Wildman–Crippen LogP) is 3.21. The highest BCUT2D eigenvalue weighted by Gasteiger charge is 2.21. The lowest BCUT2D eigenvalue weighted by atomic mass is 10.1. The SMILES string of the molecule is CNC(=O)c1ccc2c(n1)CCN(C(C)c1ccc3scnc3c1)CC2. The van der Waals surface area contributed by atoms with Crippen molar-refractivity contribution in [3.63, 3.8) is 0 Å². The Kier molecular flexibility index (Phi) is 4.70. The van der Waals surface area contributed by atoms with Crippen molar-refractivity contribution >= 4 is 27.5 Å². The number of carbonyl (C=O) groups is 1. The van der Waals surface area contributed by atoms with Gasteiger partial charge in [0, 0.05) is 38.3 Å². The number of amides is 1. The molecule has 1 N–H and O–H groups in total. The predicted molar refractivity (Wildman–Crippen MR) is 105 cm³/mol. The zero-order chi connectivity index (χ0) is 18.1. The number of carbonyl (C=O) groups excluding carboxylic acids is 1. The fraction of sp³-hybridized carbons (Fsp3) is 0.350. The highest BCUT2D eigenvalue weighted by atomic mass is 32.1.